The number of nitrogens with zero attached hydrogens (tertiary/aromatic N) is 3. The normalized spacial score (nSPS) is 10.9. The van der Waals surface area contributed by atoms with E-state index in [-0.39, 0.29) is 37.3 Å². The number of benzene rings is 2. The zero-order valence-corrected chi connectivity index (χ0v) is 19.7. The summed E-state index contributed by atoms with van der Waals surface area (Å²) in [4.78, 5) is 45.2. The quantitative estimate of drug-likeness (QED) is 0.390. The maximum Gasteiger partial charge on any atom is 0.306 e. The third-order valence-electron chi connectivity index (χ3n) is 5.29. The average Bonchev–Trinajstić information content (AvgIpc) is 3.27. The maximum absolute atomic E-state index is 12.2. The zero-order valence-electron chi connectivity index (χ0n) is 18.9. The van der Waals surface area contributed by atoms with Gasteiger partial charge in [0.25, 0.3) is 5.56 Å². The molecule has 8 nitrogen and oxygen atoms in total. The van der Waals surface area contributed by atoms with E-state index in [9.17, 15) is 14.4 Å². The summed E-state index contributed by atoms with van der Waals surface area (Å²) in [6.45, 7) is 2.01. The molecule has 2 heterocycles. The fourth-order valence-electron chi connectivity index (χ4n) is 3.48. The number of hydrogen-bond acceptors (Lipinski definition) is 7. The molecule has 0 saturated carbocycles. The van der Waals surface area contributed by atoms with E-state index in [0.717, 1.165) is 16.8 Å². The van der Waals surface area contributed by atoms with Crippen LogP contribution < -0.4 is 10.9 Å². The molecule has 0 bridgehead atoms. The topological polar surface area (TPSA) is 103 Å². The minimum absolute atomic E-state index is 0.0268. The summed E-state index contributed by atoms with van der Waals surface area (Å²) in [7, 11) is 1.82. The molecule has 34 heavy (non-hydrogen) atoms. The molecule has 174 valence electrons. The molecule has 0 unspecified atom stereocenters. The van der Waals surface area contributed by atoms with Gasteiger partial charge >= 0.3 is 5.97 Å². The van der Waals surface area contributed by atoms with Crippen LogP contribution in [0.25, 0.3) is 10.9 Å². The second kappa shape index (κ2) is 10.4. The molecule has 4 rings (SSSR count). The molecule has 0 aliphatic rings. The number of thiazole rings is 1. The predicted octanol–water partition coefficient (Wildman–Crippen LogP) is 3.56. The summed E-state index contributed by atoms with van der Waals surface area (Å²) >= 11 is 1.35. The first-order chi connectivity index (χ1) is 16.4. The molecule has 4 aromatic rings. The summed E-state index contributed by atoms with van der Waals surface area (Å²) in [6.07, 6.45) is 0.527. The number of carbonyl (C=O) groups is 2. The van der Waals surface area contributed by atoms with Crippen LogP contribution in [0.5, 0.6) is 0 Å². The smallest absolute Gasteiger partial charge is 0.306 e. The highest BCUT2D eigenvalue weighted by atomic mass is 32.1. The van der Waals surface area contributed by atoms with Gasteiger partial charge in [-0.25, -0.2) is 4.98 Å². The number of amides is 1. The molecule has 0 spiro atoms. The molecule has 0 saturated heterocycles. The van der Waals surface area contributed by atoms with Gasteiger partial charge in [0.1, 0.15) is 17.4 Å². The van der Waals surface area contributed by atoms with E-state index in [1.54, 1.807) is 17.5 Å². The van der Waals surface area contributed by atoms with E-state index in [1.165, 1.54) is 11.3 Å². The number of esters is 1. The Morgan fingerprint density at radius 1 is 1.09 bits per heavy atom. The first-order valence-corrected chi connectivity index (χ1v) is 11.7. The number of ether oxygens (including phenoxy) is 1. The van der Waals surface area contributed by atoms with E-state index >= 15 is 0 Å². The van der Waals surface area contributed by atoms with Crippen molar-refractivity contribution in [3.8, 4) is 0 Å². The van der Waals surface area contributed by atoms with Crippen LogP contribution in [0, 0.1) is 6.92 Å². The first-order valence-electron chi connectivity index (χ1n) is 10.8. The Balaban J connectivity index is 1.27. The van der Waals surface area contributed by atoms with Crippen LogP contribution in [0.4, 0.5) is 5.69 Å². The molecule has 9 heteroatoms. The van der Waals surface area contributed by atoms with Gasteiger partial charge in [-0.3, -0.25) is 14.4 Å². The Bertz CT molecular complexity index is 1390. The molecule has 2 aromatic heterocycles. The molecular weight excluding hydrogens is 452 g/mol. The summed E-state index contributed by atoms with van der Waals surface area (Å²) in [6, 6.07) is 14.8. The number of nitrogens with one attached hydrogen (secondary N) is 1. The predicted molar refractivity (Wildman–Crippen MR) is 131 cm³/mol. The van der Waals surface area contributed by atoms with Crippen molar-refractivity contribution in [1.29, 1.82) is 0 Å². The number of carbonyl (C=O) groups excluding carboxylic acids is 2. The highest BCUT2D eigenvalue weighted by Gasteiger charge is 2.13. The number of rotatable bonds is 8. The largest absolute Gasteiger partial charge is 0.459 e. The fraction of sp³-hybridized carbons (Fsp3) is 0.240. The van der Waals surface area contributed by atoms with Crippen LogP contribution in [0.2, 0.25) is 0 Å². The lowest BCUT2D eigenvalue weighted by molar-refractivity contribution is -0.145. The molecule has 2 aromatic carbocycles. The van der Waals surface area contributed by atoms with Crippen LogP contribution in [0.15, 0.2) is 58.7 Å². The maximum atomic E-state index is 12.2. The zero-order chi connectivity index (χ0) is 24.1. The number of hydrogen-bond donors (Lipinski definition) is 1. The second-order valence-corrected chi connectivity index (χ2v) is 8.84. The van der Waals surface area contributed by atoms with Crippen LogP contribution >= 0.6 is 11.3 Å². The van der Waals surface area contributed by atoms with E-state index < -0.39 is 5.97 Å². The van der Waals surface area contributed by atoms with Gasteiger partial charge in [0.2, 0.25) is 5.91 Å². The van der Waals surface area contributed by atoms with E-state index in [0.29, 0.717) is 21.9 Å². The number of anilines is 1. The van der Waals surface area contributed by atoms with Gasteiger partial charge in [-0.15, -0.1) is 11.3 Å². The number of para-hydroxylation sites is 1. The van der Waals surface area contributed by atoms with Crippen molar-refractivity contribution in [3.63, 3.8) is 0 Å². The van der Waals surface area contributed by atoms with Crippen molar-refractivity contribution < 1.29 is 14.3 Å². The third kappa shape index (κ3) is 5.74. The van der Waals surface area contributed by atoms with E-state index in [2.05, 4.69) is 15.3 Å². The fourth-order valence-corrected chi connectivity index (χ4v) is 4.26. The Morgan fingerprint density at radius 3 is 2.65 bits per heavy atom. The monoisotopic (exact) mass is 476 g/mol. The Morgan fingerprint density at radius 2 is 1.85 bits per heavy atom. The molecule has 0 radical (unpaired) electrons. The van der Waals surface area contributed by atoms with Crippen molar-refractivity contribution in [2.75, 3.05) is 5.32 Å². The molecule has 0 fully saturated rings. The van der Waals surface area contributed by atoms with Crippen LogP contribution in [0.3, 0.4) is 0 Å². The SMILES string of the molecule is Cc1ccc(NC(=O)Cc2nc(COC(=O)CCc3nc(=O)c4ccccc4n3C)cs2)cc1. The molecule has 0 atom stereocenters. The first kappa shape index (κ1) is 23.3. The third-order valence-corrected chi connectivity index (χ3v) is 6.19. The van der Waals surface area contributed by atoms with Crippen LogP contribution in [0.1, 0.15) is 28.5 Å². The lowest BCUT2D eigenvalue weighted by atomic mass is 10.2. The van der Waals surface area contributed by atoms with Gasteiger partial charge in [-0.1, -0.05) is 29.8 Å². The second-order valence-electron chi connectivity index (χ2n) is 7.89. The summed E-state index contributed by atoms with van der Waals surface area (Å²) in [5.41, 5.74) is 2.91. The molecule has 0 aliphatic heterocycles. The van der Waals surface area contributed by atoms with Crippen LogP contribution in [-0.2, 0) is 40.8 Å². The number of aryl methyl sites for hydroxylation is 3. The lowest BCUT2D eigenvalue weighted by Crippen LogP contribution is -2.18. The van der Waals surface area contributed by atoms with Crippen LogP contribution in [-0.4, -0.2) is 26.4 Å². The van der Waals surface area contributed by atoms with Crippen molar-refractivity contribution in [2.24, 2.45) is 7.05 Å². The van der Waals surface area contributed by atoms with Gasteiger partial charge in [0.15, 0.2) is 0 Å². The Kier molecular flexibility index (Phi) is 7.12. The lowest BCUT2D eigenvalue weighted by Gasteiger charge is -2.10. The highest BCUT2D eigenvalue weighted by Crippen LogP contribution is 2.15. The minimum Gasteiger partial charge on any atom is -0.459 e. The minimum atomic E-state index is -0.408. The van der Waals surface area contributed by atoms with Crippen molar-refractivity contribution in [3.05, 3.63) is 86.4 Å². The summed E-state index contributed by atoms with van der Waals surface area (Å²) in [5.74, 6) is -0.0412. The van der Waals surface area contributed by atoms with Gasteiger partial charge in [-0.2, -0.15) is 4.98 Å². The van der Waals surface area contributed by atoms with Gasteiger partial charge < -0.3 is 14.6 Å². The molecule has 1 N–H and O–H groups in total. The summed E-state index contributed by atoms with van der Waals surface area (Å²) < 4.78 is 7.14. The average molecular weight is 477 g/mol. The van der Waals surface area contributed by atoms with Crippen molar-refractivity contribution >= 4 is 39.8 Å². The Hall–Kier alpha value is -3.85. The molecule has 0 aliphatic carbocycles. The van der Waals surface area contributed by atoms with Crippen molar-refractivity contribution in [1.82, 2.24) is 14.5 Å². The number of aromatic nitrogens is 3. The van der Waals surface area contributed by atoms with Crippen molar-refractivity contribution in [2.45, 2.75) is 32.8 Å². The number of fused-ring (bicyclic) bond motifs is 1. The molecular formula is C25H24N4O4S. The van der Waals surface area contributed by atoms with E-state index in [4.69, 9.17) is 4.74 Å². The highest BCUT2D eigenvalue weighted by molar-refractivity contribution is 7.09. The summed E-state index contributed by atoms with van der Waals surface area (Å²) in [5, 5.41) is 5.80. The van der Waals surface area contributed by atoms with Gasteiger partial charge in [0.05, 0.1) is 29.4 Å². The van der Waals surface area contributed by atoms with Gasteiger partial charge in [0, 0.05) is 24.5 Å². The molecule has 1 amide bonds. The van der Waals surface area contributed by atoms with E-state index in [1.807, 2.05) is 54.9 Å². The standard InChI is InChI=1S/C25H24N4O4S/c1-16-7-9-17(10-8-16)26-22(30)13-23-27-18(15-34-23)14-33-24(31)12-11-21-28-25(32)19-5-3-4-6-20(19)29(21)2/h3-10,15H,11-14H2,1-2H3,(H,26,30). The van der Waals surface area contributed by atoms with Gasteiger partial charge in [-0.05, 0) is 31.2 Å². The Labute approximate surface area is 200 Å².